The number of pyridine rings is 2. The fourth-order valence-corrected chi connectivity index (χ4v) is 1.58. The summed E-state index contributed by atoms with van der Waals surface area (Å²) >= 11 is 0. The van der Waals surface area contributed by atoms with E-state index in [9.17, 15) is 0 Å². The van der Waals surface area contributed by atoms with Crippen molar-refractivity contribution >= 4 is 16.7 Å². The number of hydrogen-bond donors (Lipinski definition) is 1. The first-order valence-corrected chi connectivity index (χ1v) is 5.16. The summed E-state index contributed by atoms with van der Waals surface area (Å²) in [6.07, 6.45) is 1.81. The van der Waals surface area contributed by atoms with Gasteiger partial charge in [-0.3, -0.25) is 4.98 Å². The molecule has 0 spiro atoms. The summed E-state index contributed by atoms with van der Waals surface area (Å²) in [5, 5.41) is 4.42. The van der Waals surface area contributed by atoms with Crippen LogP contribution >= 0.6 is 0 Å². The first kappa shape index (κ1) is 9.90. The number of hydrogen-bond acceptors (Lipinski definition) is 3. The largest absolute Gasteiger partial charge is 0.367 e. The van der Waals surface area contributed by atoms with Gasteiger partial charge in [0, 0.05) is 23.3 Å². The van der Waals surface area contributed by atoms with Crippen LogP contribution in [0.15, 0.2) is 24.4 Å². The van der Waals surface area contributed by atoms with Gasteiger partial charge in [0.2, 0.25) is 0 Å². The van der Waals surface area contributed by atoms with Crippen molar-refractivity contribution in [2.75, 3.05) is 5.32 Å². The molecule has 2 aromatic rings. The Bertz CT molecular complexity index is 477. The number of aromatic nitrogens is 2. The zero-order valence-corrected chi connectivity index (χ0v) is 9.28. The molecule has 0 bridgehead atoms. The average molecular weight is 201 g/mol. The maximum Gasteiger partial charge on any atom is 0.135 e. The number of fused-ring (bicyclic) bond motifs is 1. The van der Waals surface area contributed by atoms with Gasteiger partial charge in [0.25, 0.3) is 0 Å². The molecular weight excluding hydrogens is 186 g/mol. The van der Waals surface area contributed by atoms with E-state index in [-0.39, 0.29) is 0 Å². The maximum atomic E-state index is 4.49. The van der Waals surface area contributed by atoms with Crippen molar-refractivity contribution in [3.8, 4) is 0 Å². The lowest BCUT2D eigenvalue weighted by atomic mass is 10.2. The summed E-state index contributed by atoms with van der Waals surface area (Å²) in [7, 11) is 0. The molecule has 0 atom stereocenters. The monoisotopic (exact) mass is 201 g/mol. The molecule has 15 heavy (non-hydrogen) atoms. The molecule has 0 amide bonds. The number of nitrogens with zero attached hydrogens (tertiary/aromatic N) is 2. The van der Waals surface area contributed by atoms with Gasteiger partial charge in [-0.15, -0.1) is 0 Å². The molecule has 0 radical (unpaired) electrons. The Hall–Kier alpha value is -1.64. The smallest absolute Gasteiger partial charge is 0.135 e. The molecule has 0 aliphatic carbocycles. The molecule has 2 aromatic heterocycles. The summed E-state index contributed by atoms with van der Waals surface area (Å²) < 4.78 is 0. The minimum atomic E-state index is 0.378. The summed E-state index contributed by atoms with van der Waals surface area (Å²) in [5.74, 6) is 0.924. The number of aryl methyl sites for hydroxylation is 1. The summed E-state index contributed by atoms with van der Waals surface area (Å²) in [5.41, 5.74) is 1.98. The van der Waals surface area contributed by atoms with Gasteiger partial charge in [0.05, 0.1) is 5.52 Å². The van der Waals surface area contributed by atoms with Gasteiger partial charge in [0.1, 0.15) is 5.82 Å². The van der Waals surface area contributed by atoms with Crippen LogP contribution in [0.2, 0.25) is 0 Å². The van der Waals surface area contributed by atoms with E-state index in [1.807, 2.05) is 25.1 Å². The van der Waals surface area contributed by atoms with Gasteiger partial charge < -0.3 is 5.32 Å². The molecule has 1 N–H and O–H groups in total. The van der Waals surface area contributed by atoms with E-state index in [4.69, 9.17) is 0 Å². The van der Waals surface area contributed by atoms with Gasteiger partial charge in [-0.25, -0.2) is 4.98 Å². The van der Waals surface area contributed by atoms with Crippen molar-refractivity contribution < 1.29 is 0 Å². The standard InChI is InChI=1S/C12H15N3/c1-8(2)14-12-10-5-4-6-13-11(10)7-9(3)15-12/h4-8H,1-3H3,(H,14,15). The lowest BCUT2D eigenvalue weighted by Gasteiger charge is -2.12. The van der Waals surface area contributed by atoms with E-state index in [2.05, 4.69) is 29.1 Å². The first-order valence-electron chi connectivity index (χ1n) is 5.16. The Morgan fingerprint density at radius 2 is 2.13 bits per heavy atom. The van der Waals surface area contributed by atoms with E-state index in [1.165, 1.54) is 0 Å². The molecule has 78 valence electrons. The topological polar surface area (TPSA) is 37.8 Å². The molecule has 0 saturated heterocycles. The average Bonchev–Trinajstić information content (AvgIpc) is 2.16. The van der Waals surface area contributed by atoms with Crippen molar-refractivity contribution in [1.29, 1.82) is 0 Å². The van der Waals surface area contributed by atoms with E-state index in [0.717, 1.165) is 22.4 Å². The lowest BCUT2D eigenvalue weighted by Crippen LogP contribution is -2.11. The van der Waals surface area contributed by atoms with Crippen LogP contribution in [0.5, 0.6) is 0 Å². The predicted octanol–water partition coefficient (Wildman–Crippen LogP) is 2.76. The SMILES string of the molecule is Cc1cc2ncccc2c(NC(C)C)n1. The molecular formula is C12H15N3. The van der Waals surface area contributed by atoms with Crippen LogP contribution in [-0.4, -0.2) is 16.0 Å². The lowest BCUT2D eigenvalue weighted by molar-refractivity contribution is 0.890. The van der Waals surface area contributed by atoms with Crippen molar-refractivity contribution in [3.05, 3.63) is 30.1 Å². The van der Waals surface area contributed by atoms with E-state index in [1.54, 1.807) is 6.20 Å². The highest BCUT2D eigenvalue weighted by Crippen LogP contribution is 2.20. The third-order valence-corrected chi connectivity index (χ3v) is 2.15. The van der Waals surface area contributed by atoms with Crippen molar-refractivity contribution in [2.24, 2.45) is 0 Å². The molecule has 0 aliphatic rings. The molecule has 0 unspecified atom stereocenters. The normalized spacial score (nSPS) is 10.9. The molecule has 3 heteroatoms. The highest BCUT2D eigenvalue weighted by atomic mass is 15.0. The van der Waals surface area contributed by atoms with Crippen LogP contribution in [0.3, 0.4) is 0 Å². The second-order valence-corrected chi connectivity index (χ2v) is 3.98. The predicted molar refractivity (Wildman–Crippen MR) is 63.0 cm³/mol. The van der Waals surface area contributed by atoms with Gasteiger partial charge in [-0.2, -0.15) is 0 Å². The highest BCUT2D eigenvalue weighted by molar-refractivity contribution is 5.89. The van der Waals surface area contributed by atoms with Gasteiger partial charge in [-0.1, -0.05) is 0 Å². The number of nitrogens with one attached hydrogen (secondary N) is 1. The Morgan fingerprint density at radius 3 is 2.87 bits per heavy atom. The van der Waals surface area contributed by atoms with Crippen molar-refractivity contribution in [3.63, 3.8) is 0 Å². The highest BCUT2D eigenvalue weighted by Gasteiger charge is 2.05. The second-order valence-electron chi connectivity index (χ2n) is 3.98. The minimum absolute atomic E-state index is 0.378. The Balaban J connectivity index is 2.60. The minimum Gasteiger partial charge on any atom is -0.367 e. The number of rotatable bonds is 2. The van der Waals surface area contributed by atoms with E-state index in [0.29, 0.717) is 6.04 Å². The van der Waals surface area contributed by atoms with Crippen molar-refractivity contribution in [2.45, 2.75) is 26.8 Å². The van der Waals surface area contributed by atoms with Gasteiger partial charge >= 0.3 is 0 Å². The zero-order valence-electron chi connectivity index (χ0n) is 9.28. The van der Waals surface area contributed by atoms with Crippen LogP contribution in [-0.2, 0) is 0 Å². The van der Waals surface area contributed by atoms with E-state index < -0.39 is 0 Å². The summed E-state index contributed by atoms with van der Waals surface area (Å²) in [4.78, 5) is 8.82. The van der Waals surface area contributed by atoms with Gasteiger partial charge in [0.15, 0.2) is 0 Å². The number of anilines is 1. The third-order valence-electron chi connectivity index (χ3n) is 2.15. The molecule has 0 fully saturated rings. The van der Waals surface area contributed by atoms with Crippen molar-refractivity contribution in [1.82, 2.24) is 9.97 Å². The summed E-state index contributed by atoms with van der Waals surface area (Å²) in [6.45, 7) is 6.19. The quantitative estimate of drug-likeness (QED) is 0.811. The first-order chi connectivity index (χ1) is 7.16. The van der Waals surface area contributed by atoms with Crippen LogP contribution in [0.4, 0.5) is 5.82 Å². The van der Waals surface area contributed by atoms with Gasteiger partial charge in [-0.05, 0) is 39.0 Å². The zero-order chi connectivity index (χ0) is 10.8. The fourth-order valence-electron chi connectivity index (χ4n) is 1.58. The van der Waals surface area contributed by atoms with E-state index >= 15 is 0 Å². The molecule has 0 aliphatic heterocycles. The Kier molecular flexibility index (Phi) is 2.54. The fraction of sp³-hybridized carbons (Fsp3) is 0.333. The Morgan fingerprint density at radius 1 is 1.33 bits per heavy atom. The maximum absolute atomic E-state index is 4.49. The molecule has 0 saturated carbocycles. The summed E-state index contributed by atoms with van der Waals surface area (Å²) in [6, 6.07) is 6.35. The molecule has 0 aromatic carbocycles. The van der Waals surface area contributed by atoms with Crippen LogP contribution in [0, 0.1) is 6.92 Å². The third kappa shape index (κ3) is 2.06. The molecule has 2 rings (SSSR count). The molecule has 2 heterocycles. The van der Waals surface area contributed by atoms with Crippen LogP contribution in [0.25, 0.3) is 10.9 Å². The van der Waals surface area contributed by atoms with Crippen LogP contribution in [0.1, 0.15) is 19.5 Å². The second kappa shape index (κ2) is 3.85. The van der Waals surface area contributed by atoms with Crippen LogP contribution < -0.4 is 5.32 Å². The Labute approximate surface area is 89.6 Å². The molecule has 3 nitrogen and oxygen atoms in total.